The number of benzene rings is 1. The van der Waals surface area contributed by atoms with Crippen LogP contribution in [0, 0.1) is 0 Å². The van der Waals surface area contributed by atoms with Crippen LogP contribution in [0.2, 0.25) is 0 Å². The fourth-order valence-electron chi connectivity index (χ4n) is 2.01. The number of aliphatic hydroxyl groups is 1. The fourth-order valence-corrected chi connectivity index (χ4v) is 2.01. The molecule has 2 aromatic rings. The van der Waals surface area contributed by atoms with E-state index in [1.807, 2.05) is 12.1 Å². The summed E-state index contributed by atoms with van der Waals surface area (Å²) in [7, 11) is 0. The molecule has 0 aliphatic carbocycles. The van der Waals surface area contributed by atoms with Crippen molar-refractivity contribution in [2.75, 3.05) is 6.61 Å². The molecule has 0 bridgehead atoms. The zero-order valence-corrected chi connectivity index (χ0v) is 12.6. The van der Waals surface area contributed by atoms with Gasteiger partial charge in [0.15, 0.2) is 5.76 Å². The topological polar surface area (TPSA) is 62.5 Å². The van der Waals surface area contributed by atoms with Gasteiger partial charge >= 0.3 is 0 Å². The maximum absolute atomic E-state index is 11.9. The Morgan fingerprint density at radius 1 is 1.24 bits per heavy atom. The second kappa shape index (κ2) is 6.59. The highest BCUT2D eigenvalue weighted by atomic mass is 16.4. The number of amides is 1. The molecule has 0 saturated carbocycles. The average molecular weight is 287 g/mol. The molecule has 112 valence electrons. The molecule has 2 N–H and O–H groups in total. The molecule has 1 aromatic carbocycles. The van der Waals surface area contributed by atoms with Gasteiger partial charge in [-0.2, -0.15) is 0 Å². The summed E-state index contributed by atoms with van der Waals surface area (Å²) < 4.78 is 5.62. The van der Waals surface area contributed by atoms with E-state index in [2.05, 4.69) is 31.3 Å². The Kier molecular flexibility index (Phi) is 4.81. The molecule has 1 aromatic heterocycles. The maximum atomic E-state index is 11.9. The lowest BCUT2D eigenvalue weighted by atomic mass is 10.0. The largest absolute Gasteiger partial charge is 0.451 e. The third-order valence-corrected chi connectivity index (χ3v) is 3.32. The molecule has 4 heteroatoms. The summed E-state index contributed by atoms with van der Waals surface area (Å²) in [6.45, 7) is 5.90. The number of hydrogen-bond donors (Lipinski definition) is 2. The van der Waals surface area contributed by atoms with Crippen LogP contribution in [0.3, 0.4) is 0 Å². The van der Waals surface area contributed by atoms with E-state index in [0.717, 1.165) is 5.56 Å². The first-order chi connectivity index (χ1) is 10.0. The van der Waals surface area contributed by atoms with E-state index in [4.69, 9.17) is 9.52 Å². The lowest BCUT2D eigenvalue weighted by Crippen LogP contribution is -2.34. The van der Waals surface area contributed by atoms with Crippen molar-refractivity contribution in [3.8, 4) is 11.3 Å². The predicted molar refractivity (Wildman–Crippen MR) is 82.2 cm³/mol. The summed E-state index contributed by atoms with van der Waals surface area (Å²) in [5, 5.41) is 11.6. The SMILES string of the molecule is CC(CO)NC(=O)c1ccc(-c2cccc(C(C)C)c2)o1. The number of rotatable bonds is 5. The Labute approximate surface area is 124 Å². The highest BCUT2D eigenvalue weighted by molar-refractivity contribution is 5.92. The summed E-state index contributed by atoms with van der Waals surface area (Å²) in [4.78, 5) is 11.9. The van der Waals surface area contributed by atoms with Crippen molar-refractivity contribution in [1.82, 2.24) is 5.32 Å². The van der Waals surface area contributed by atoms with Gasteiger partial charge in [0.1, 0.15) is 5.76 Å². The summed E-state index contributed by atoms with van der Waals surface area (Å²) in [6.07, 6.45) is 0. The van der Waals surface area contributed by atoms with E-state index in [1.54, 1.807) is 19.1 Å². The minimum Gasteiger partial charge on any atom is -0.451 e. The Morgan fingerprint density at radius 3 is 2.67 bits per heavy atom. The Bertz CT molecular complexity index is 616. The van der Waals surface area contributed by atoms with Gasteiger partial charge in [-0.15, -0.1) is 0 Å². The molecule has 0 spiro atoms. The van der Waals surface area contributed by atoms with Crippen molar-refractivity contribution in [1.29, 1.82) is 0 Å². The predicted octanol–water partition coefficient (Wildman–Crippen LogP) is 3.18. The van der Waals surface area contributed by atoms with Crippen molar-refractivity contribution in [3.05, 3.63) is 47.7 Å². The minimum atomic E-state index is -0.317. The number of furan rings is 1. The van der Waals surface area contributed by atoms with Crippen molar-refractivity contribution in [2.45, 2.75) is 32.7 Å². The molecule has 0 radical (unpaired) electrons. The molecule has 21 heavy (non-hydrogen) atoms. The molecule has 0 aliphatic rings. The lowest BCUT2D eigenvalue weighted by molar-refractivity contribution is 0.0895. The van der Waals surface area contributed by atoms with E-state index in [0.29, 0.717) is 11.7 Å². The average Bonchev–Trinajstić information content (AvgIpc) is 2.97. The Morgan fingerprint density at radius 2 is 2.00 bits per heavy atom. The summed E-state index contributed by atoms with van der Waals surface area (Å²) in [5.41, 5.74) is 2.18. The molecule has 2 rings (SSSR count). The van der Waals surface area contributed by atoms with Crippen molar-refractivity contribution in [2.24, 2.45) is 0 Å². The molecule has 4 nitrogen and oxygen atoms in total. The quantitative estimate of drug-likeness (QED) is 0.887. The van der Waals surface area contributed by atoms with Gasteiger partial charge in [-0.3, -0.25) is 4.79 Å². The van der Waals surface area contributed by atoms with Gasteiger partial charge in [0, 0.05) is 11.6 Å². The van der Waals surface area contributed by atoms with Crippen LogP contribution in [0.25, 0.3) is 11.3 Å². The van der Waals surface area contributed by atoms with Gasteiger partial charge in [0.05, 0.1) is 6.61 Å². The van der Waals surface area contributed by atoms with Crippen molar-refractivity contribution >= 4 is 5.91 Å². The first-order valence-corrected chi connectivity index (χ1v) is 7.13. The number of nitrogens with one attached hydrogen (secondary N) is 1. The van der Waals surface area contributed by atoms with Crippen LogP contribution in [-0.4, -0.2) is 23.7 Å². The molecular formula is C17H21NO3. The van der Waals surface area contributed by atoms with Gasteiger partial charge in [0.25, 0.3) is 5.91 Å². The van der Waals surface area contributed by atoms with Crippen LogP contribution in [0.5, 0.6) is 0 Å². The lowest BCUT2D eigenvalue weighted by Gasteiger charge is -2.09. The molecule has 1 atom stereocenters. The molecule has 1 heterocycles. The first-order valence-electron chi connectivity index (χ1n) is 7.13. The fraction of sp³-hybridized carbons (Fsp3) is 0.353. The van der Waals surface area contributed by atoms with Crippen molar-refractivity contribution in [3.63, 3.8) is 0 Å². The van der Waals surface area contributed by atoms with E-state index >= 15 is 0 Å². The third-order valence-electron chi connectivity index (χ3n) is 3.32. The number of aliphatic hydroxyl groups excluding tert-OH is 1. The van der Waals surface area contributed by atoms with E-state index in [9.17, 15) is 4.79 Å². The second-order valence-electron chi connectivity index (χ2n) is 5.50. The number of carbonyl (C=O) groups excluding carboxylic acids is 1. The van der Waals surface area contributed by atoms with Crippen LogP contribution in [-0.2, 0) is 0 Å². The van der Waals surface area contributed by atoms with Crippen LogP contribution in [0.1, 0.15) is 42.8 Å². The smallest absolute Gasteiger partial charge is 0.287 e. The van der Waals surface area contributed by atoms with Gasteiger partial charge in [0.2, 0.25) is 0 Å². The number of hydrogen-bond acceptors (Lipinski definition) is 3. The van der Waals surface area contributed by atoms with E-state index < -0.39 is 0 Å². The van der Waals surface area contributed by atoms with Crippen molar-refractivity contribution < 1.29 is 14.3 Å². The Balaban J connectivity index is 2.20. The van der Waals surface area contributed by atoms with Crippen LogP contribution in [0.15, 0.2) is 40.8 Å². The second-order valence-corrected chi connectivity index (χ2v) is 5.50. The minimum absolute atomic E-state index is 0.101. The Hall–Kier alpha value is -2.07. The van der Waals surface area contributed by atoms with E-state index in [1.165, 1.54) is 5.56 Å². The number of carbonyl (C=O) groups is 1. The monoisotopic (exact) mass is 287 g/mol. The molecule has 1 unspecified atom stereocenters. The highest BCUT2D eigenvalue weighted by Gasteiger charge is 2.14. The molecular weight excluding hydrogens is 266 g/mol. The third kappa shape index (κ3) is 3.73. The van der Waals surface area contributed by atoms with E-state index in [-0.39, 0.29) is 24.3 Å². The normalized spacial score (nSPS) is 12.4. The molecule has 0 fully saturated rings. The maximum Gasteiger partial charge on any atom is 0.287 e. The zero-order chi connectivity index (χ0) is 15.4. The van der Waals surface area contributed by atoms with Crippen LogP contribution < -0.4 is 5.32 Å². The molecule has 0 saturated heterocycles. The first kappa shape index (κ1) is 15.3. The summed E-state index contributed by atoms with van der Waals surface area (Å²) in [6, 6.07) is 11.2. The standard InChI is InChI=1S/C17H21NO3/c1-11(2)13-5-4-6-14(9-13)15-7-8-16(21-15)17(20)18-12(3)10-19/h4-9,11-12,19H,10H2,1-3H3,(H,18,20). The van der Waals surface area contributed by atoms with Gasteiger partial charge < -0.3 is 14.8 Å². The zero-order valence-electron chi connectivity index (χ0n) is 12.6. The summed E-state index contributed by atoms with van der Waals surface area (Å²) in [5.74, 6) is 1.04. The van der Waals surface area contributed by atoms with Gasteiger partial charge in [-0.05, 0) is 36.6 Å². The summed E-state index contributed by atoms with van der Waals surface area (Å²) >= 11 is 0. The van der Waals surface area contributed by atoms with Gasteiger partial charge in [-0.1, -0.05) is 32.0 Å². The highest BCUT2D eigenvalue weighted by Crippen LogP contribution is 2.25. The van der Waals surface area contributed by atoms with Crippen LogP contribution in [0.4, 0.5) is 0 Å². The van der Waals surface area contributed by atoms with Gasteiger partial charge in [-0.25, -0.2) is 0 Å². The molecule has 0 aliphatic heterocycles. The molecule has 1 amide bonds. The van der Waals surface area contributed by atoms with Crippen LogP contribution >= 0.6 is 0 Å².